The normalized spacial score (nSPS) is 25.6. The number of allylic oxidation sites excluding steroid dienone is 1. The number of anilines is 1. The van der Waals surface area contributed by atoms with Crippen LogP contribution >= 0.6 is 0 Å². The lowest BCUT2D eigenvalue weighted by molar-refractivity contribution is -0.334. The fraction of sp³-hybridized carbons (Fsp3) is 0.500. The Balaban J connectivity index is 1.50. The van der Waals surface area contributed by atoms with Crippen LogP contribution in [0.2, 0.25) is 0 Å². The lowest BCUT2D eigenvalue weighted by atomic mass is 9.93. The van der Waals surface area contributed by atoms with Crippen LogP contribution in [0.5, 0.6) is 0 Å². The highest BCUT2D eigenvalue weighted by molar-refractivity contribution is 5.99. The monoisotopic (exact) mass is 550 g/mol. The maximum absolute atomic E-state index is 13.5. The maximum atomic E-state index is 13.5. The van der Waals surface area contributed by atoms with E-state index in [9.17, 15) is 14.7 Å². The van der Waals surface area contributed by atoms with E-state index < -0.39 is 42.2 Å². The van der Waals surface area contributed by atoms with E-state index in [0.29, 0.717) is 12.8 Å². The Morgan fingerprint density at radius 1 is 1.20 bits per heavy atom. The van der Waals surface area contributed by atoms with Gasteiger partial charge in [-0.05, 0) is 73.4 Å². The quantitative estimate of drug-likeness (QED) is 0.457. The number of carbonyl (C=O) groups is 2. The van der Waals surface area contributed by atoms with Crippen LogP contribution in [0.25, 0.3) is 11.1 Å². The van der Waals surface area contributed by atoms with E-state index in [-0.39, 0.29) is 11.3 Å². The first-order valence-corrected chi connectivity index (χ1v) is 13.8. The number of methoxy groups -OCH3 is 1. The van der Waals surface area contributed by atoms with Crippen LogP contribution < -0.4 is 10.6 Å². The standard InChI is InChI=1S/C32H42N2O6/c1-19-17-24-21(18-22(19)20-11-9-8-10-12-20)13-14-23(29(36)34-24)33-30(37)28(38-7)27-26(35)25(15-16-31(2,3)4)39-32(5,6)40-27/h8-12,15-18,23,25-28,35H,13-14H2,1-7H3,(H,33,37)(H,34,36)/b16-15+/t23?,25-,26+,27-,28-/m1/s1. The number of aryl methyl sites for hydroxylation is 2. The Labute approximate surface area is 237 Å². The van der Waals surface area contributed by atoms with E-state index >= 15 is 0 Å². The molecule has 1 unspecified atom stereocenters. The highest BCUT2D eigenvalue weighted by Gasteiger charge is 2.48. The van der Waals surface area contributed by atoms with Crippen molar-refractivity contribution in [3.8, 4) is 11.1 Å². The van der Waals surface area contributed by atoms with Gasteiger partial charge in [-0.15, -0.1) is 0 Å². The van der Waals surface area contributed by atoms with E-state index in [1.165, 1.54) is 7.11 Å². The van der Waals surface area contributed by atoms with Crippen LogP contribution in [0.15, 0.2) is 54.6 Å². The van der Waals surface area contributed by atoms with Gasteiger partial charge in [0.15, 0.2) is 11.9 Å². The molecule has 216 valence electrons. The van der Waals surface area contributed by atoms with Crippen molar-refractivity contribution < 1.29 is 28.9 Å². The number of hydrogen-bond donors (Lipinski definition) is 3. The third-order valence-electron chi connectivity index (χ3n) is 7.24. The predicted octanol–water partition coefficient (Wildman–Crippen LogP) is 4.53. The second-order valence-corrected chi connectivity index (χ2v) is 12.2. The first-order chi connectivity index (χ1) is 18.8. The molecule has 0 saturated carbocycles. The highest BCUT2D eigenvalue weighted by Crippen LogP contribution is 2.33. The number of amides is 2. The van der Waals surface area contributed by atoms with Crippen molar-refractivity contribution in [3.63, 3.8) is 0 Å². The number of aliphatic hydroxyl groups is 1. The predicted molar refractivity (Wildman–Crippen MR) is 155 cm³/mol. The van der Waals surface area contributed by atoms with Crippen molar-refractivity contribution >= 4 is 17.5 Å². The molecule has 2 aliphatic heterocycles. The number of fused-ring (bicyclic) bond motifs is 1. The minimum Gasteiger partial charge on any atom is -0.387 e. The topological polar surface area (TPSA) is 106 Å². The Morgan fingerprint density at radius 3 is 2.55 bits per heavy atom. The molecule has 1 fully saturated rings. The Hall–Kier alpha value is -3.04. The molecule has 0 aliphatic carbocycles. The molecule has 2 aliphatic rings. The van der Waals surface area contributed by atoms with Crippen molar-refractivity contribution in [3.05, 3.63) is 65.7 Å². The van der Waals surface area contributed by atoms with Gasteiger partial charge in [-0.2, -0.15) is 0 Å². The second kappa shape index (κ2) is 11.8. The largest absolute Gasteiger partial charge is 0.387 e. The van der Waals surface area contributed by atoms with Crippen molar-refractivity contribution in [1.29, 1.82) is 0 Å². The number of aliphatic hydroxyl groups excluding tert-OH is 1. The van der Waals surface area contributed by atoms with Gasteiger partial charge in [-0.25, -0.2) is 0 Å². The zero-order valence-electron chi connectivity index (χ0n) is 24.5. The van der Waals surface area contributed by atoms with Gasteiger partial charge < -0.3 is 30.0 Å². The summed E-state index contributed by atoms with van der Waals surface area (Å²) in [6.07, 6.45) is 0.746. The summed E-state index contributed by atoms with van der Waals surface area (Å²) in [6, 6.07) is 13.4. The third kappa shape index (κ3) is 6.99. The molecule has 2 heterocycles. The third-order valence-corrected chi connectivity index (χ3v) is 7.24. The van der Waals surface area contributed by atoms with Gasteiger partial charge >= 0.3 is 0 Å². The smallest absolute Gasteiger partial charge is 0.252 e. The molecule has 0 radical (unpaired) electrons. The molecular weight excluding hydrogens is 508 g/mol. The summed E-state index contributed by atoms with van der Waals surface area (Å²) >= 11 is 0. The summed E-state index contributed by atoms with van der Waals surface area (Å²) in [5.41, 5.74) is 4.91. The van der Waals surface area contributed by atoms with Gasteiger partial charge in [0.25, 0.3) is 5.91 Å². The molecule has 2 aromatic carbocycles. The molecule has 8 heteroatoms. The van der Waals surface area contributed by atoms with E-state index in [1.54, 1.807) is 19.9 Å². The fourth-order valence-corrected chi connectivity index (χ4v) is 5.22. The zero-order valence-corrected chi connectivity index (χ0v) is 24.5. The molecular formula is C32H42N2O6. The number of benzene rings is 2. The van der Waals surface area contributed by atoms with Crippen LogP contribution in [-0.2, 0) is 30.2 Å². The Bertz CT molecular complexity index is 1250. The number of rotatable bonds is 6. The summed E-state index contributed by atoms with van der Waals surface area (Å²) in [6.45, 7) is 11.6. The SMILES string of the molecule is CO[C@@H](C(=O)NC1CCc2cc(-c3ccccc3)c(C)cc2NC1=O)[C@@H]1OC(C)(C)O[C@H](/C=C/C(C)(C)C)[C@@H]1O. The molecule has 4 rings (SSSR count). The van der Waals surface area contributed by atoms with Gasteiger partial charge in [0, 0.05) is 12.8 Å². The summed E-state index contributed by atoms with van der Waals surface area (Å²) in [5.74, 6) is -1.90. The first-order valence-electron chi connectivity index (χ1n) is 13.8. The number of nitrogens with one attached hydrogen (secondary N) is 2. The number of hydrogen-bond acceptors (Lipinski definition) is 6. The van der Waals surface area contributed by atoms with Gasteiger partial charge in [0.2, 0.25) is 5.91 Å². The number of carbonyl (C=O) groups excluding carboxylic acids is 2. The van der Waals surface area contributed by atoms with Crippen LogP contribution in [0, 0.1) is 12.3 Å². The summed E-state index contributed by atoms with van der Waals surface area (Å²) < 4.78 is 17.5. The minimum absolute atomic E-state index is 0.121. The lowest BCUT2D eigenvalue weighted by Gasteiger charge is -2.45. The summed E-state index contributed by atoms with van der Waals surface area (Å²) in [7, 11) is 1.39. The van der Waals surface area contributed by atoms with E-state index in [0.717, 1.165) is 27.9 Å². The van der Waals surface area contributed by atoms with Crippen molar-refractivity contribution in [2.24, 2.45) is 5.41 Å². The molecule has 0 bridgehead atoms. The molecule has 2 aromatic rings. The molecule has 1 saturated heterocycles. The molecule has 0 spiro atoms. The fourth-order valence-electron chi connectivity index (χ4n) is 5.22. The average molecular weight is 551 g/mol. The first kappa shape index (κ1) is 29.9. The van der Waals surface area contributed by atoms with Crippen molar-refractivity contribution in [2.75, 3.05) is 12.4 Å². The zero-order chi connectivity index (χ0) is 29.2. The second-order valence-electron chi connectivity index (χ2n) is 12.2. The Kier molecular flexibility index (Phi) is 8.85. The molecule has 3 N–H and O–H groups in total. The van der Waals surface area contributed by atoms with Crippen molar-refractivity contribution in [2.45, 2.75) is 90.6 Å². The molecule has 2 amide bonds. The molecule has 8 nitrogen and oxygen atoms in total. The number of ether oxygens (including phenoxy) is 3. The van der Waals surface area contributed by atoms with Crippen LogP contribution in [-0.4, -0.2) is 60.3 Å². The van der Waals surface area contributed by atoms with Crippen molar-refractivity contribution in [1.82, 2.24) is 5.32 Å². The summed E-state index contributed by atoms with van der Waals surface area (Å²) in [5, 5.41) is 17.0. The maximum Gasteiger partial charge on any atom is 0.252 e. The van der Waals surface area contributed by atoms with Crippen LogP contribution in [0.3, 0.4) is 0 Å². The van der Waals surface area contributed by atoms with Crippen LogP contribution in [0.4, 0.5) is 5.69 Å². The molecule has 5 atom stereocenters. The van der Waals surface area contributed by atoms with Gasteiger partial charge in [0.1, 0.15) is 24.4 Å². The van der Waals surface area contributed by atoms with Gasteiger partial charge in [-0.3, -0.25) is 9.59 Å². The lowest BCUT2D eigenvalue weighted by Crippen LogP contribution is -2.61. The van der Waals surface area contributed by atoms with E-state index in [4.69, 9.17) is 14.2 Å². The average Bonchev–Trinajstić information content (AvgIpc) is 3.02. The van der Waals surface area contributed by atoms with E-state index in [1.807, 2.05) is 58.0 Å². The summed E-state index contributed by atoms with van der Waals surface area (Å²) in [4.78, 5) is 26.7. The van der Waals surface area contributed by atoms with Gasteiger partial charge in [-0.1, -0.05) is 63.3 Å². The minimum atomic E-state index is -1.16. The molecule has 40 heavy (non-hydrogen) atoms. The molecule has 0 aromatic heterocycles. The van der Waals surface area contributed by atoms with Gasteiger partial charge in [0.05, 0.1) is 0 Å². The van der Waals surface area contributed by atoms with Crippen LogP contribution in [0.1, 0.15) is 52.2 Å². The highest BCUT2D eigenvalue weighted by atomic mass is 16.7. The van der Waals surface area contributed by atoms with E-state index in [2.05, 4.69) is 28.8 Å². The Morgan fingerprint density at radius 2 is 1.90 bits per heavy atom.